The van der Waals surface area contributed by atoms with Crippen LogP contribution < -0.4 is 5.32 Å². The van der Waals surface area contributed by atoms with Gasteiger partial charge >= 0.3 is 0 Å². The number of aromatic nitrogens is 1. The van der Waals surface area contributed by atoms with Crippen molar-refractivity contribution < 1.29 is 0 Å². The highest BCUT2D eigenvalue weighted by atomic mass is 32.1. The number of thiazole rings is 1. The zero-order valence-electron chi connectivity index (χ0n) is 10.2. The van der Waals surface area contributed by atoms with Gasteiger partial charge in [-0.1, -0.05) is 0 Å². The number of hydrogen-bond acceptors (Lipinski definition) is 3. The van der Waals surface area contributed by atoms with Gasteiger partial charge in [-0.05, 0) is 56.3 Å². The molecule has 4 aliphatic rings. The Bertz CT molecular complexity index is 363. The standard InChI is InChI=1S/C14H20N2S/c1-2-17-13(15-1)9-16-14-6-10-3-11(7-14)5-12(4-10)8-14/h1-2,10-12,16H,3-9H2. The molecule has 4 fully saturated rings. The fraction of sp³-hybridized carbons (Fsp3) is 0.786. The Morgan fingerprint density at radius 2 is 1.82 bits per heavy atom. The molecule has 4 saturated carbocycles. The summed E-state index contributed by atoms with van der Waals surface area (Å²) in [5, 5.41) is 7.21. The summed E-state index contributed by atoms with van der Waals surface area (Å²) in [5.74, 6) is 3.10. The zero-order chi connectivity index (χ0) is 11.3. The minimum absolute atomic E-state index is 0.487. The Labute approximate surface area is 107 Å². The molecule has 4 aliphatic carbocycles. The molecule has 4 bridgehead atoms. The molecule has 1 aromatic rings. The topological polar surface area (TPSA) is 24.9 Å². The van der Waals surface area contributed by atoms with Crippen LogP contribution in [0.5, 0.6) is 0 Å². The largest absolute Gasteiger partial charge is 0.305 e. The van der Waals surface area contributed by atoms with Gasteiger partial charge in [0.05, 0.1) is 0 Å². The van der Waals surface area contributed by atoms with Crippen molar-refractivity contribution in [2.24, 2.45) is 17.8 Å². The molecule has 0 radical (unpaired) electrons. The maximum atomic E-state index is 4.39. The molecular weight excluding hydrogens is 228 g/mol. The van der Waals surface area contributed by atoms with E-state index in [2.05, 4.69) is 15.7 Å². The molecule has 0 aliphatic heterocycles. The van der Waals surface area contributed by atoms with Crippen molar-refractivity contribution in [1.29, 1.82) is 0 Å². The van der Waals surface area contributed by atoms with Gasteiger partial charge in [0.25, 0.3) is 0 Å². The smallest absolute Gasteiger partial charge is 0.106 e. The van der Waals surface area contributed by atoms with Crippen molar-refractivity contribution in [3.63, 3.8) is 0 Å². The van der Waals surface area contributed by atoms with Crippen LogP contribution >= 0.6 is 11.3 Å². The van der Waals surface area contributed by atoms with E-state index in [1.807, 2.05) is 6.20 Å². The summed E-state index contributed by atoms with van der Waals surface area (Å²) >= 11 is 1.78. The molecule has 17 heavy (non-hydrogen) atoms. The molecule has 0 atom stereocenters. The fourth-order valence-electron chi connectivity index (χ4n) is 4.93. The normalized spacial score (nSPS) is 43.2. The van der Waals surface area contributed by atoms with Crippen LogP contribution in [0, 0.1) is 17.8 Å². The van der Waals surface area contributed by atoms with Crippen LogP contribution in [0.2, 0.25) is 0 Å². The Morgan fingerprint density at radius 1 is 1.18 bits per heavy atom. The molecule has 0 amide bonds. The van der Waals surface area contributed by atoms with Crippen molar-refractivity contribution in [3.8, 4) is 0 Å². The quantitative estimate of drug-likeness (QED) is 0.888. The first-order chi connectivity index (χ1) is 8.31. The molecule has 0 unspecified atom stereocenters. The summed E-state index contributed by atoms with van der Waals surface area (Å²) in [5.41, 5.74) is 0.487. The summed E-state index contributed by atoms with van der Waals surface area (Å²) in [6.45, 7) is 0.990. The average molecular weight is 248 g/mol. The number of nitrogens with zero attached hydrogens (tertiary/aromatic N) is 1. The monoisotopic (exact) mass is 248 g/mol. The fourth-order valence-corrected chi connectivity index (χ4v) is 5.49. The highest BCUT2D eigenvalue weighted by Crippen LogP contribution is 2.55. The third kappa shape index (κ3) is 1.84. The van der Waals surface area contributed by atoms with Crippen molar-refractivity contribution in [2.75, 3.05) is 0 Å². The second kappa shape index (κ2) is 3.79. The van der Waals surface area contributed by atoms with Crippen LogP contribution in [-0.2, 0) is 6.54 Å². The number of rotatable bonds is 3. The minimum atomic E-state index is 0.487. The maximum Gasteiger partial charge on any atom is 0.106 e. The molecule has 2 nitrogen and oxygen atoms in total. The number of hydrogen-bond donors (Lipinski definition) is 1. The van der Waals surface area contributed by atoms with E-state index < -0.39 is 0 Å². The van der Waals surface area contributed by atoms with Crippen molar-refractivity contribution in [1.82, 2.24) is 10.3 Å². The SMILES string of the molecule is c1csc(CNC23CC4CC(CC(C4)C2)C3)n1. The van der Waals surface area contributed by atoms with E-state index in [0.29, 0.717) is 5.54 Å². The predicted octanol–water partition coefficient (Wildman–Crippen LogP) is 3.20. The van der Waals surface area contributed by atoms with Gasteiger partial charge in [0.2, 0.25) is 0 Å². The lowest BCUT2D eigenvalue weighted by Crippen LogP contribution is -2.58. The number of nitrogens with one attached hydrogen (secondary N) is 1. The van der Waals surface area contributed by atoms with E-state index >= 15 is 0 Å². The van der Waals surface area contributed by atoms with Crippen molar-refractivity contribution in [2.45, 2.75) is 50.6 Å². The molecule has 3 heteroatoms. The second-order valence-electron chi connectivity index (χ2n) is 6.48. The van der Waals surface area contributed by atoms with Crippen molar-refractivity contribution >= 4 is 11.3 Å². The molecule has 0 aromatic carbocycles. The first kappa shape index (κ1) is 10.5. The molecule has 92 valence electrons. The van der Waals surface area contributed by atoms with Crippen LogP contribution in [-0.4, -0.2) is 10.5 Å². The summed E-state index contributed by atoms with van der Waals surface area (Å²) in [4.78, 5) is 4.39. The van der Waals surface area contributed by atoms with E-state index in [-0.39, 0.29) is 0 Å². The first-order valence-corrected chi connectivity index (χ1v) is 7.83. The summed E-state index contributed by atoms with van der Waals surface area (Å²) in [6, 6.07) is 0. The molecule has 0 saturated heterocycles. The van der Waals surface area contributed by atoms with Crippen LogP contribution in [0.4, 0.5) is 0 Å². The van der Waals surface area contributed by atoms with Gasteiger partial charge < -0.3 is 5.32 Å². The van der Waals surface area contributed by atoms with Crippen LogP contribution in [0.25, 0.3) is 0 Å². The molecule has 5 rings (SSSR count). The van der Waals surface area contributed by atoms with Gasteiger partial charge in [-0.15, -0.1) is 11.3 Å². The summed E-state index contributed by atoms with van der Waals surface area (Å²) in [6.07, 6.45) is 10.8. The predicted molar refractivity (Wildman–Crippen MR) is 69.9 cm³/mol. The van der Waals surface area contributed by atoms with E-state index in [4.69, 9.17) is 0 Å². The third-order valence-corrected chi connectivity index (χ3v) is 5.92. The second-order valence-corrected chi connectivity index (χ2v) is 7.46. The first-order valence-electron chi connectivity index (χ1n) is 6.95. The zero-order valence-corrected chi connectivity index (χ0v) is 11.0. The van der Waals surface area contributed by atoms with Crippen LogP contribution in [0.15, 0.2) is 11.6 Å². The minimum Gasteiger partial charge on any atom is -0.305 e. The van der Waals surface area contributed by atoms with Crippen molar-refractivity contribution in [3.05, 3.63) is 16.6 Å². The van der Waals surface area contributed by atoms with Gasteiger partial charge in [-0.25, -0.2) is 4.98 Å². The van der Waals surface area contributed by atoms with E-state index in [1.165, 1.54) is 43.5 Å². The lowest BCUT2D eigenvalue weighted by molar-refractivity contribution is -0.0206. The molecule has 0 spiro atoms. The molecule has 1 heterocycles. The van der Waals surface area contributed by atoms with Gasteiger partial charge in [0.15, 0.2) is 0 Å². The van der Waals surface area contributed by atoms with E-state index in [9.17, 15) is 0 Å². The summed E-state index contributed by atoms with van der Waals surface area (Å²) < 4.78 is 0. The molecular formula is C14H20N2S. The Hall–Kier alpha value is -0.410. The van der Waals surface area contributed by atoms with E-state index in [1.54, 1.807) is 11.3 Å². The lowest BCUT2D eigenvalue weighted by Gasteiger charge is -2.57. The molecule has 1 N–H and O–H groups in total. The highest BCUT2D eigenvalue weighted by molar-refractivity contribution is 7.09. The van der Waals surface area contributed by atoms with E-state index in [0.717, 1.165) is 24.3 Å². The Morgan fingerprint density at radius 3 is 2.35 bits per heavy atom. The maximum absolute atomic E-state index is 4.39. The van der Waals surface area contributed by atoms with Gasteiger partial charge in [0, 0.05) is 23.7 Å². The van der Waals surface area contributed by atoms with Crippen LogP contribution in [0.3, 0.4) is 0 Å². The van der Waals surface area contributed by atoms with Gasteiger partial charge in [-0.3, -0.25) is 0 Å². The lowest BCUT2D eigenvalue weighted by atomic mass is 9.53. The Balaban J connectivity index is 1.49. The average Bonchev–Trinajstić information content (AvgIpc) is 2.77. The molecule has 1 aromatic heterocycles. The van der Waals surface area contributed by atoms with Gasteiger partial charge in [-0.2, -0.15) is 0 Å². The van der Waals surface area contributed by atoms with Gasteiger partial charge in [0.1, 0.15) is 5.01 Å². The summed E-state index contributed by atoms with van der Waals surface area (Å²) in [7, 11) is 0. The Kier molecular flexibility index (Phi) is 2.34. The van der Waals surface area contributed by atoms with Crippen LogP contribution in [0.1, 0.15) is 43.5 Å². The highest BCUT2D eigenvalue weighted by Gasteiger charge is 2.50. The third-order valence-electron chi connectivity index (χ3n) is 5.14.